The molecule has 0 unspecified atom stereocenters. The van der Waals surface area contributed by atoms with Crippen molar-refractivity contribution in [3.63, 3.8) is 0 Å². The van der Waals surface area contributed by atoms with Crippen molar-refractivity contribution >= 4 is 32.6 Å². The van der Waals surface area contributed by atoms with E-state index in [9.17, 15) is 18.0 Å². The molecule has 2 aromatic heterocycles. The topological polar surface area (TPSA) is 76.8 Å². The van der Waals surface area contributed by atoms with Crippen molar-refractivity contribution in [2.45, 2.75) is 19.6 Å². The Morgan fingerprint density at radius 1 is 1.17 bits per heavy atom. The number of tetrazole rings is 1. The molecule has 1 amide bonds. The van der Waals surface area contributed by atoms with Gasteiger partial charge in [-0.25, -0.2) is 4.98 Å². The van der Waals surface area contributed by atoms with Crippen LogP contribution in [0.15, 0.2) is 48.5 Å². The second kappa shape index (κ2) is 7.82. The molecule has 30 heavy (non-hydrogen) atoms. The SMILES string of the molecule is CCN(C(=O)Cn1nnc(-c2cccc(C(F)(F)F)c2)n1)c1nc2ccccc2s1. The first-order valence-electron chi connectivity index (χ1n) is 8.96. The van der Waals surface area contributed by atoms with Crippen LogP contribution in [0.1, 0.15) is 12.5 Å². The van der Waals surface area contributed by atoms with Gasteiger partial charge in [-0.15, -0.1) is 10.2 Å². The second-order valence-corrected chi connectivity index (χ2v) is 7.33. The Kier molecular flexibility index (Phi) is 5.20. The first-order chi connectivity index (χ1) is 14.3. The predicted molar refractivity (Wildman–Crippen MR) is 106 cm³/mol. The maximum atomic E-state index is 12.9. The van der Waals surface area contributed by atoms with E-state index in [0.717, 1.165) is 27.1 Å². The summed E-state index contributed by atoms with van der Waals surface area (Å²) in [7, 11) is 0. The van der Waals surface area contributed by atoms with E-state index < -0.39 is 11.7 Å². The molecule has 4 rings (SSSR count). The lowest BCUT2D eigenvalue weighted by Crippen LogP contribution is -2.34. The van der Waals surface area contributed by atoms with Gasteiger partial charge in [0.05, 0.1) is 15.8 Å². The fraction of sp³-hybridized carbons (Fsp3) is 0.211. The normalized spacial score (nSPS) is 11.7. The number of carbonyl (C=O) groups excluding carboxylic acids is 1. The number of likely N-dealkylation sites (N-methyl/N-ethyl adjacent to an activating group) is 1. The number of aromatic nitrogens is 5. The summed E-state index contributed by atoms with van der Waals surface area (Å²) < 4.78 is 39.7. The summed E-state index contributed by atoms with van der Waals surface area (Å²) in [5.41, 5.74) is 0.164. The Labute approximate surface area is 172 Å². The Morgan fingerprint density at radius 3 is 2.70 bits per heavy atom. The van der Waals surface area contributed by atoms with Gasteiger partial charge in [-0.1, -0.05) is 35.6 Å². The quantitative estimate of drug-likeness (QED) is 0.476. The van der Waals surface area contributed by atoms with Crippen LogP contribution in [0.2, 0.25) is 0 Å². The summed E-state index contributed by atoms with van der Waals surface area (Å²) in [5, 5.41) is 12.2. The number of alkyl halides is 3. The first kappa shape index (κ1) is 20.0. The minimum atomic E-state index is -4.47. The highest BCUT2D eigenvalue weighted by atomic mass is 32.1. The molecule has 0 aliphatic heterocycles. The largest absolute Gasteiger partial charge is 0.416 e. The van der Waals surface area contributed by atoms with Gasteiger partial charge in [0.25, 0.3) is 5.91 Å². The third kappa shape index (κ3) is 4.01. The number of halogens is 3. The highest BCUT2D eigenvalue weighted by Crippen LogP contribution is 2.31. The summed E-state index contributed by atoms with van der Waals surface area (Å²) in [4.78, 5) is 19.8. The van der Waals surface area contributed by atoms with Crippen molar-refractivity contribution < 1.29 is 18.0 Å². The number of para-hydroxylation sites is 1. The number of fused-ring (bicyclic) bond motifs is 1. The number of hydrogen-bond donors (Lipinski definition) is 0. The molecule has 0 atom stereocenters. The van der Waals surface area contributed by atoms with Crippen molar-refractivity contribution in [2.75, 3.05) is 11.4 Å². The Hall–Kier alpha value is -3.34. The molecule has 154 valence electrons. The minimum Gasteiger partial charge on any atom is -0.287 e. The lowest BCUT2D eigenvalue weighted by atomic mass is 10.1. The van der Waals surface area contributed by atoms with Crippen LogP contribution in [0.4, 0.5) is 18.3 Å². The van der Waals surface area contributed by atoms with E-state index >= 15 is 0 Å². The molecule has 2 aromatic carbocycles. The van der Waals surface area contributed by atoms with Gasteiger partial charge < -0.3 is 0 Å². The number of anilines is 1. The van der Waals surface area contributed by atoms with Gasteiger partial charge >= 0.3 is 6.18 Å². The van der Waals surface area contributed by atoms with Crippen molar-refractivity contribution in [2.24, 2.45) is 0 Å². The highest BCUT2D eigenvalue weighted by Gasteiger charge is 2.30. The van der Waals surface area contributed by atoms with Crippen LogP contribution in [-0.2, 0) is 17.5 Å². The third-order valence-corrected chi connectivity index (χ3v) is 5.37. The van der Waals surface area contributed by atoms with E-state index in [2.05, 4.69) is 20.4 Å². The monoisotopic (exact) mass is 432 g/mol. The molecular weight excluding hydrogens is 417 g/mol. The lowest BCUT2D eigenvalue weighted by Gasteiger charge is -2.16. The molecule has 0 aliphatic rings. The minimum absolute atomic E-state index is 0.0111. The summed E-state index contributed by atoms with van der Waals surface area (Å²) >= 11 is 1.40. The zero-order valence-electron chi connectivity index (χ0n) is 15.7. The Morgan fingerprint density at radius 2 is 1.97 bits per heavy atom. The van der Waals surface area contributed by atoms with Crippen LogP contribution in [0, 0.1) is 0 Å². The molecule has 0 fully saturated rings. The summed E-state index contributed by atoms with van der Waals surface area (Å²) in [6, 6.07) is 12.2. The number of rotatable bonds is 5. The smallest absolute Gasteiger partial charge is 0.287 e. The fourth-order valence-corrected chi connectivity index (χ4v) is 3.91. The standard InChI is InChI=1S/C19H15F3N6OS/c1-2-27(18-23-14-8-3-4-9-15(14)30-18)16(29)11-28-25-17(24-26-28)12-6-5-7-13(10-12)19(20,21)22/h3-10H,2,11H2,1H3. The zero-order chi connectivity index (χ0) is 21.3. The molecule has 0 bridgehead atoms. The molecule has 0 radical (unpaired) electrons. The Balaban J connectivity index is 1.53. The zero-order valence-corrected chi connectivity index (χ0v) is 16.5. The average molecular weight is 432 g/mol. The van der Waals surface area contributed by atoms with Gasteiger partial charge in [0.15, 0.2) is 5.13 Å². The van der Waals surface area contributed by atoms with Crippen LogP contribution in [0.5, 0.6) is 0 Å². The van der Waals surface area contributed by atoms with Gasteiger partial charge in [-0.3, -0.25) is 9.69 Å². The lowest BCUT2D eigenvalue weighted by molar-refractivity contribution is -0.137. The van der Waals surface area contributed by atoms with Crippen LogP contribution in [0.3, 0.4) is 0 Å². The molecule has 0 N–H and O–H groups in total. The van der Waals surface area contributed by atoms with Crippen molar-refractivity contribution in [1.29, 1.82) is 0 Å². The van der Waals surface area contributed by atoms with Crippen molar-refractivity contribution in [3.8, 4) is 11.4 Å². The van der Waals surface area contributed by atoms with Crippen LogP contribution in [-0.4, -0.2) is 37.6 Å². The van der Waals surface area contributed by atoms with Gasteiger partial charge in [0, 0.05) is 12.1 Å². The van der Waals surface area contributed by atoms with Crippen LogP contribution >= 0.6 is 11.3 Å². The van der Waals surface area contributed by atoms with Gasteiger partial charge in [-0.05, 0) is 36.4 Å². The molecular formula is C19H15F3N6OS. The highest BCUT2D eigenvalue weighted by molar-refractivity contribution is 7.22. The van der Waals surface area contributed by atoms with Crippen LogP contribution in [0.25, 0.3) is 21.6 Å². The van der Waals surface area contributed by atoms with E-state index in [-0.39, 0.29) is 23.8 Å². The predicted octanol–water partition coefficient (Wildman–Crippen LogP) is 4.02. The summed E-state index contributed by atoms with van der Waals surface area (Å²) in [6.07, 6.45) is -4.47. The van der Waals surface area contributed by atoms with Gasteiger partial charge in [-0.2, -0.15) is 18.0 Å². The van der Waals surface area contributed by atoms with Crippen molar-refractivity contribution in [1.82, 2.24) is 25.2 Å². The van der Waals surface area contributed by atoms with Crippen molar-refractivity contribution in [3.05, 3.63) is 54.1 Å². The van der Waals surface area contributed by atoms with E-state index in [0.29, 0.717) is 11.7 Å². The molecule has 7 nitrogen and oxygen atoms in total. The second-order valence-electron chi connectivity index (χ2n) is 6.32. The molecule has 0 aliphatic carbocycles. The summed E-state index contributed by atoms with van der Waals surface area (Å²) in [6.45, 7) is 2.01. The average Bonchev–Trinajstić information content (AvgIpc) is 3.35. The maximum absolute atomic E-state index is 12.9. The molecule has 0 saturated heterocycles. The third-order valence-electron chi connectivity index (χ3n) is 4.31. The van der Waals surface area contributed by atoms with E-state index in [1.807, 2.05) is 31.2 Å². The Bertz CT molecular complexity index is 1170. The molecule has 4 aromatic rings. The first-order valence-corrected chi connectivity index (χ1v) is 9.78. The van der Waals surface area contributed by atoms with E-state index in [1.54, 1.807) is 0 Å². The number of carbonyl (C=O) groups is 1. The summed E-state index contributed by atoms with van der Waals surface area (Å²) in [5.74, 6) is -0.290. The fourth-order valence-electron chi connectivity index (χ4n) is 2.86. The number of thiazole rings is 1. The number of benzene rings is 2. The van der Waals surface area contributed by atoms with Gasteiger partial charge in [0.2, 0.25) is 5.82 Å². The molecule has 2 heterocycles. The maximum Gasteiger partial charge on any atom is 0.416 e. The van der Waals surface area contributed by atoms with Gasteiger partial charge in [0.1, 0.15) is 6.54 Å². The van der Waals surface area contributed by atoms with Crippen LogP contribution < -0.4 is 4.90 Å². The number of hydrogen-bond acceptors (Lipinski definition) is 6. The molecule has 0 spiro atoms. The molecule has 11 heteroatoms. The number of amides is 1. The number of nitrogens with zero attached hydrogens (tertiary/aromatic N) is 6. The van der Waals surface area contributed by atoms with E-state index in [1.165, 1.54) is 28.4 Å². The van der Waals surface area contributed by atoms with E-state index in [4.69, 9.17) is 0 Å². The molecule has 0 saturated carbocycles.